The van der Waals surface area contributed by atoms with E-state index in [9.17, 15) is 0 Å². The third-order valence-corrected chi connectivity index (χ3v) is 1.34. The summed E-state index contributed by atoms with van der Waals surface area (Å²) in [6.45, 7) is 2.06. The average Bonchev–Trinajstić information content (AvgIpc) is 1.86. The van der Waals surface area contributed by atoms with Crippen LogP contribution < -0.4 is 29.6 Å². The van der Waals surface area contributed by atoms with Gasteiger partial charge in [-0.3, -0.25) is 0 Å². The molecule has 0 saturated heterocycles. The van der Waals surface area contributed by atoms with Crippen molar-refractivity contribution in [2.75, 3.05) is 0 Å². The number of rotatable bonds is 0. The van der Waals surface area contributed by atoms with Gasteiger partial charge in [-0.1, -0.05) is 6.92 Å². The van der Waals surface area contributed by atoms with E-state index in [1.165, 1.54) is 5.56 Å². The molecule has 1 aromatic rings. The van der Waals surface area contributed by atoms with Crippen molar-refractivity contribution >= 4 is 11.3 Å². The second kappa shape index (κ2) is 3.67. The Morgan fingerprint density at radius 3 is 2.57 bits per heavy atom. The van der Waals surface area contributed by atoms with Crippen molar-refractivity contribution in [3.05, 3.63) is 22.4 Å². The van der Waals surface area contributed by atoms with E-state index in [0.29, 0.717) is 0 Å². The maximum atomic E-state index is 2.97. The maximum absolute atomic E-state index is 2.97. The van der Waals surface area contributed by atoms with E-state index in [1.807, 2.05) is 6.07 Å². The number of aryl methyl sites for hydroxylation is 1. The molecular formula is C5H5NaS. The van der Waals surface area contributed by atoms with Crippen LogP contribution in [-0.4, -0.2) is 0 Å². The first-order chi connectivity index (χ1) is 2.89. The summed E-state index contributed by atoms with van der Waals surface area (Å²) >= 11 is 1.61. The molecule has 0 nitrogen and oxygen atoms in total. The molecule has 0 aromatic carbocycles. The molecule has 1 rings (SSSR count). The zero-order valence-corrected chi connectivity index (χ0v) is 7.38. The molecule has 1 heterocycles. The second-order valence-corrected chi connectivity index (χ2v) is 1.95. The fraction of sp³-hybridized carbons (Fsp3) is 0.200. The fourth-order valence-electron chi connectivity index (χ4n) is 0.288. The van der Waals surface area contributed by atoms with E-state index in [0.717, 1.165) is 0 Å². The van der Waals surface area contributed by atoms with E-state index in [1.54, 1.807) is 11.3 Å². The van der Waals surface area contributed by atoms with E-state index in [4.69, 9.17) is 0 Å². The molecule has 0 bridgehead atoms. The first kappa shape index (κ1) is 7.70. The SMILES string of the molecule is Cc1c[c-]sc1.[Na+]. The van der Waals surface area contributed by atoms with Gasteiger partial charge in [0.1, 0.15) is 0 Å². The molecule has 0 unspecified atom stereocenters. The molecule has 0 amide bonds. The van der Waals surface area contributed by atoms with Crippen LogP contribution in [0, 0.1) is 12.3 Å². The van der Waals surface area contributed by atoms with Crippen LogP contribution in [0.1, 0.15) is 5.56 Å². The quantitative estimate of drug-likeness (QED) is 0.300. The van der Waals surface area contributed by atoms with Gasteiger partial charge in [0.05, 0.1) is 0 Å². The number of hydrogen-bond acceptors (Lipinski definition) is 1. The Labute approximate surface area is 69.9 Å². The molecule has 0 radical (unpaired) electrons. The normalized spacial score (nSPS) is 7.57. The van der Waals surface area contributed by atoms with E-state index >= 15 is 0 Å². The van der Waals surface area contributed by atoms with Crippen molar-refractivity contribution in [3.63, 3.8) is 0 Å². The Balaban J connectivity index is 0.000000360. The summed E-state index contributed by atoms with van der Waals surface area (Å²) in [5, 5.41) is 5.04. The standard InChI is InChI=1S/C5H5S.Na/c1-5-2-3-6-4-5;/h2,4H,1H3;/q-1;+1. The first-order valence-electron chi connectivity index (χ1n) is 1.81. The van der Waals surface area contributed by atoms with Crippen LogP contribution in [0.4, 0.5) is 0 Å². The summed E-state index contributed by atoms with van der Waals surface area (Å²) in [7, 11) is 0. The molecule has 0 N–H and O–H groups in total. The van der Waals surface area contributed by atoms with Crippen molar-refractivity contribution in [1.82, 2.24) is 0 Å². The monoisotopic (exact) mass is 120 g/mol. The smallest absolute Gasteiger partial charge is 0.304 e. The van der Waals surface area contributed by atoms with E-state index in [-0.39, 0.29) is 29.6 Å². The minimum Gasteiger partial charge on any atom is -0.304 e. The van der Waals surface area contributed by atoms with Crippen molar-refractivity contribution in [1.29, 1.82) is 0 Å². The van der Waals surface area contributed by atoms with Crippen LogP contribution >= 0.6 is 11.3 Å². The van der Waals surface area contributed by atoms with Crippen LogP contribution in [0.15, 0.2) is 11.4 Å². The molecule has 2 heteroatoms. The van der Waals surface area contributed by atoms with Crippen LogP contribution in [-0.2, 0) is 0 Å². The van der Waals surface area contributed by atoms with Crippen molar-refractivity contribution in [3.8, 4) is 0 Å². The summed E-state index contributed by atoms with van der Waals surface area (Å²) in [6.07, 6.45) is 0. The van der Waals surface area contributed by atoms with E-state index in [2.05, 4.69) is 17.7 Å². The maximum Gasteiger partial charge on any atom is 1.00 e. The Morgan fingerprint density at radius 1 is 1.71 bits per heavy atom. The molecular weight excluding hydrogens is 115 g/mol. The summed E-state index contributed by atoms with van der Waals surface area (Å²) in [5.74, 6) is 0. The number of thiophene rings is 1. The van der Waals surface area contributed by atoms with Gasteiger partial charge >= 0.3 is 29.6 Å². The molecule has 1 aromatic heterocycles. The van der Waals surface area contributed by atoms with Crippen molar-refractivity contribution < 1.29 is 29.6 Å². The second-order valence-electron chi connectivity index (χ2n) is 1.24. The average molecular weight is 120 g/mol. The predicted molar refractivity (Wildman–Crippen MR) is 27.9 cm³/mol. The van der Waals surface area contributed by atoms with Crippen molar-refractivity contribution in [2.45, 2.75) is 6.92 Å². The molecule has 0 aliphatic rings. The van der Waals surface area contributed by atoms with Crippen LogP contribution in [0.3, 0.4) is 0 Å². The van der Waals surface area contributed by atoms with E-state index < -0.39 is 0 Å². The van der Waals surface area contributed by atoms with Crippen molar-refractivity contribution in [2.24, 2.45) is 0 Å². The molecule has 0 fully saturated rings. The van der Waals surface area contributed by atoms with Crippen LogP contribution in [0.5, 0.6) is 0 Å². The zero-order valence-electron chi connectivity index (χ0n) is 4.56. The molecule has 0 aliphatic heterocycles. The van der Waals surface area contributed by atoms with Gasteiger partial charge < -0.3 is 11.3 Å². The zero-order chi connectivity index (χ0) is 4.41. The van der Waals surface area contributed by atoms with Crippen LogP contribution in [0.25, 0.3) is 0 Å². The van der Waals surface area contributed by atoms with Gasteiger partial charge in [0, 0.05) is 0 Å². The minimum atomic E-state index is 0. The summed E-state index contributed by atoms with van der Waals surface area (Å²) in [4.78, 5) is 0. The Kier molecular flexibility index (Phi) is 4.04. The van der Waals surface area contributed by atoms with Gasteiger partial charge in [0.15, 0.2) is 0 Å². The van der Waals surface area contributed by atoms with Crippen LogP contribution in [0.2, 0.25) is 0 Å². The first-order valence-corrected chi connectivity index (χ1v) is 2.69. The van der Waals surface area contributed by atoms with Gasteiger partial charge in [-0.2, -0.15) is 17.0 Å². The fourth-order valence-corrected chi connectivity index (χ4v) is 0.864. The largest absolute Gasteiger partial charge is 1.00 e. The summed E-state index contributed by atoms with van der Waals surface area (Å²) in [6, 6.07) is 1.98. The predicted octanol–water partition coefficient (Wildman–Crippen LogP) is -1.14. The van der Waals surface area contributed by atoms with Gasteiger partial charge in [-0.05, 0) is 0 Å². The molecule has 0 atom stereocenters. The number of hydrogen-bond donors (Lipinski definition) is 0. The Morgan fingerprint density at radius 2 is 2.43 bits per heavy atom. The van der Waals surface area contributed by atoms with Gasteiger partial charge in [0.2, 0.25) is 0 Å². The topological polar surface area (TPSA) is 0 Å². The summed E-state index contributed by atoms with van der Waals surface area (Å²) in [5.41, 5.74) is 1.31. The molecule has 0 aliphatic carbocycles. The van der Waals surface area contributed by atoms with Gasteiger partial charge in [-0.15, -0.1) is 5.38 Å². The third kappa shape index (κ3) is 2.50. The Bertz CT molecular complexity index is 112. The van der Waals surface area contributed by atoms with Gasteiger partial charge in [0.25, 0.3) is 0 Å². The molecule has 32 valence electrons. The summed E-state index contributed by atoms with van der Waals surface area (Å²) < 4.78 is 0. The molecule has 0 saturated carbocycles. The molecule has 7 heavy (non-hydrogen) atoms. The Hall–Kier alpha value is 0.700. The minimum absolute atomic E-state index is 0. The van der Waals surface area contributed by atoms with Gasteiger partial charge in [-0.25, -0.2) is 0 Å². The third-order valence-electron chi connectivity index (χ3n) is 0.599. The molecule has 0 spiro atoms.